The van der Waals surface area contributed by atoms with Crippen LogP contribution in [-0.2, 0) is 18.9 Å². The SMILES string of the molecule is COC(C)OCCC1CCCCC1.COC(C)OCCCC1CCCCC1. The summed E-state index contributed by atoms with van der Waals surface area (Å²) in [6, 6.07) is 0. The number of ether oxygens (including phenoxy) is 4. The van der Waals surface area contributed by atoms with Crippen LogP contribution in [0.5, 0.6) is 0 Å². The van der Waals surface area contributed by atoms with Crippen LogP contribution in [0.3, 0.4) is 0 Å². The van der Waals surface area contributed by atoms with Crippen molar-refractivity contribution in [2.75, 3.05) is 27.4 Å². The Morgan fingerprint density at radius 2 is 1.07 bits per heavy atom. The topological polar surface area (TPSA) is 36.9 Å². The highest BCUT2D eigenvalue weighted by atomic mass is 16.7. The summed E-state index contributed by atoms with van der Waals surface area (Å²) in [4.78, 5) is 0. The van der Waals surface area contributed by atoms with Crippen molar-refractivity contribution in [2.24, 2.45) is 11.8 Å². The molecule has 0 amide bonds. The van der Waals surface area contributed by atoms with E-state index in [4.69, 9.17) is 18.9 Å². The van der Waals surface area contributed by atoms with Crippen LogP contribution in [0.1, 0.15) is 97.3 Å². The summed E-state index contributed by atoms with van der Waals surface area (Å²) < 4.78 is 21.0. The van der Waals surface area contributed by atoms with Crippen LogP contribution in [-0.4, -0.2) is 40.0 Å². The van der Waals surface area contributed by atoms with Crippen molar-refractivity contribution in [2.45, 2.75) is 110 Å². The summed E-state index contributed by atoms with van der Waals surface area (Å²) in [7, 11) is 3.37. The van der Waals surface area contributed by atoms with E-state index in [2.05, 4.69) is 0 Å². The highest BCUT2D eigenvalue weighted by Gasteiger charge is 2.14. The van der Waals surface area contributed by atoms with Gasteiger partial charge in [0.1, 0.15) is 0 Å². The number of methoxy groups -OCH3 is 2. The predicted octanol–water partition coefficient (Wildman–Crippen LogP) is 6.32. The first-order valence-electron chi connectivity index (χ1n) is 11.4. The molecule has 4 heteroatoms. The van der Waals surface area contributed by atoms with E-state index < -0.39 is 0 Å². The van der Waals surface area contributed by atoms with Gasteiger partial charge in [0.05, 0.1) is 0 Å². The van der Waals surface area contributed by atoms with Crippen molar-refractivity contribution in [3.8, 4) is 0 Å². The second kappa shape index (κ2) is 16.8. The zero-order chi connectivity index (χ0) is 19.7. The summed E-state index contributed by atoms with van der Waals surface area (Å²) in [6.45, 7) is 5.60. The maximum Gasteiger partial charge on any atom is 0.154 e. The molecule has 2 atom stereocenters. The average molecular weight is 387 g/mol. The van der Waals surface area contributed by atoms with Gasteiger partial charge in [-0.1, -0.05) is 64.2 Å². The molecule has 0 N–H and O–H groups in total. The highest BCUT2D eigenvalue weighted by molar-refractivity contribution is 4.66. The van der Waals surface area contributed by atoms with Crippen LogP contribution >= 0.6 is 0 Å². The molecule has 0 aromatic carbocycles. The fourth-order valence-corrected chi connectivity index (χ4v) is 4.11. The Labute approximate surface area is 168 Å². The maximum absolute atomic E-state index is 5.47. The van der Waals surface area contributed by atoms with Gasteiger partial charge in [-0.25, -0.2) is 0 Å². The van der Waals surface area contributed by atoms with Crippen LogP contribution in [0.4, 0.5) is 0 Å². The van der Waals surface area contributed by atoms with Gasteiger partial charge in [-0.3, -0.25) is 0 Å². The molecule has 27 heavy (non-hydrogen) atoms. The van der Waals surface area contributed by atoms with Crippen LogP contribution in [0, 0.1) is 11.8 Å². The zero-order valence-corrected chi connectivity index (χ0v) is 18.5. The lowest BCUT2D eigenvalue weighted by atomic mass is 9.86. The molecule has 0 radical (unpaired) electrons. The van der Waals surface area contributed by atoms with Crippen molar-refractivity contribution in [3.05, 3.63) is 0 Å². The van der Waals surface area contributed by atoms with E-state index in [0.717, 1.165) is 25.0 Å². The fourth-order valence-electron chi connectivity index (χ4n) is 4.11. The van der Waals surface area contributed by atoms with Crippen LogP contribution < -0.4 is 0 Å². The highest BCUT2D eigenvalue weighted by Crippen LogP contribution is 2.27. The lowest BCUT2D eigenvalue weighted by molar-refractivity contribution is -0.113. The Morgan fingerprint density at radius 1 is 0.630 bits per heavy atom. The zero-order valence-electron chi connectivity index (χ0n) is 18.5. The molecule has 0 bridgehead atoms. The largest absolute Gasteiger partial charge is 0.356 e. The van der Waals surface area contributed by atoms with Gasteiger partial charge in [0.15, 0.2) is 12.6 Å². The first kappa shape index (κ1) is 24.9. The van der Waals surface area contributed by atoms with Crippen LogP contribution in [0.15, 0.2) is 0 Å². The first-order valence-corrected chi connectivity index (χ1v) is 11.4. The van der Waals surface area contributed by atoms with E-state index in [-0.39, 0.29) is 12.6 Å². The molecule has 0 aromatic heterocycles. The maximum atomic E-state index is 5.47. The average Bonchev–Trinajstić information content (AvgIpc) is 2.73. The molecule has 0 saturated heterocycles. The minimum absolute atomic E-state index is 0.0383. The Kier molecular flexibility index (Phi) is 15.4. The smallest absolute Gasteiger partial charge is 0.154 e. The molecule has 0 heterocycles. The number of hydrogen-bond acceptors (Lipinski definition) is 4. The number of rotatable bonds is 11. The van der Waals surface area contributed by atoms with Crippen molar-refractivity contribution in [1.29, 1.82) is 0 Å². The molecule has 2 rings (SSSR count). The Morgan fingerprint density at radius 3 is 1.56 bits per heavy atom. The molecule has 0 aromatic rings. The Hall–Kier alpha value is -0.160. The minimum Gasteiger partial charge on any atom is -0.356 e. The van der Waals surface area contributed by atoms with Gasteiger partial charge < -0.3 is 18.9 Å². The summed E-state index contributed by atoms with van der Waals surface area (Å²) in [5.41, 5.74) is 0. The molecular weight excluding hydrogens is 340 g/mol. The Bertz CT molecular complexity index is 312. The normalized spacial score (nSPS) is 21.3. The molecular formula is C23H46O4. The molecule has 2 fully saturated rings. The van der Waals surface area contributed by atoms with Gasteiger partial charge in [0.25, 0.3) is 0 Å². The van der Waals surface area contributed by atoms with Crippen molar-refractivity contribution < 1.29 is 18.9 Å². The fraction of sp³-hybridized carbons (Fsp3) is 1.00. The summed E-state index contributed by atoms with van der Waals surface area (Å²) >= 11 is 0. The summed E-state index contributed by atoms with van der Waals surface area (Å²) in [6.07, 6.45) is 18.0. The lowest BCUT2D eigenvalue weighted by Crippen LogP contribution is -2.15. The van der Waals surface area contributed by atoms with Crippen LogP contribution in [0.25, 0.3) is 0 Å². The molecule has 0 spiro atoms. The van der Waals surface area contributed by atoms with E-state index in [1.165, 1.54) is 83.5 Å². The molecule has 162 valence electrons. The first-order chi connectivity index (χ1) is 13.2. The summed E-state index contributed by atoms with van der Waals surface area (Å²) in [5.74, 6) is 1.89. The third-order valence-electron chi connectivity index (χ3n) is 6.10. The van der Waals surface area contributed by atoms with Gasteiger partial charge in [-0.15, -0.1) is 0 Å². The summed E-state index contributed by atoms with van der Waals surface area (Å²) in [5, 5.41) is 0. The van der Waals surface area contributed by atoms with E-state index in [1.807, 2.05) is 13.8 Å². The molecule has 2 unspecified atom stereocenters. The van der Waals surface area contributed by atoms with E-state index in [0.29, 0.717) is 0 Å². The molecule has 4 nitrogen and oxygen atoms in total. The Balaban J connectivity index is 0.000000271. The van der Waals surface area contributed by atoms with Gasteiger partial charge in [0, 0.05) is 27.4 Å². The van der Waals surface area contributed by atoms with Crippen molar-refractivity contribution in [3.63, 3.8) is 0 Å². The second-order valence-electron chi connectivity index (χ2n) is 8.29. The number of hydrogen-bond donors (Lipinski definition) is 0. The van der Waals surface area contributed by atoms with E-state index >= 15 is 0 Å². The predicted molar refractivity (Wildman–Crippen MR) is 112 cm³/mol. The molecule has 0 aliphatic heterocycles. The standard InChI is InChI=1S/C12H24O2.C11H22O2/c1-11(13-2)14-10-6-9-12-7-4-3-5-8-12;1-10(12-2)13-9-8-11-6-4-3-5-7-11/h11-12H,3-10H2,1-2H3;10-11H,3-9H2,1-2H3. The van der Waals surface area contributed by atoms with Gasteiger partial charge in [-0.05, 0) is 44.9 Å². The lowest BCUT2D eigenvalue weighted by Gasteiger charge is -2.21. The van der Waals surface area contributed by atoms with Gasteiger partial charge in [-0.2, -0.15) is 0 Å². The quantitative estimate of drug-likeness (QED) is 0.307. The van der Waals surface area contributed by atoms with Crippen LogP contribution in [0.2, 0.25) is 0 Å². The van der Waals surface area contributed by atoms with Gasteiger partial charge >= 0.3 is 0 Å². The second-order valence-corrected chi connectivity index (χ2v) is 8.29. The third kappa shape index (κ3) is 13.6. The van der Waals surface area contributed by atoms with E-state index in [1.54, 1.807) is 14.2 Å². The van der Waals surface area contributed by atoms with E-state index in [9.17, 15) is 0 Å². The monoisotopic (exact) mass is 386 g/mol. The van der Waals surface area contributed by atoms with Crippen molar-refractivity contribution in [1.82, 2.24) is 0 Å². The molecule has 2 aliphatic carbocycles. The van der Waals surface area contributed by atoms with Crippen molar-refractivity contribution >= 4 is 0 Å². The minimum atomic E-state index is -0.0404. The van der Waals surface area contributed by atoms with Gasteiger partial charge in [0.2, 0.25) is 0 Å². The molecule has 2 saturated carbocycles. The molecule has 2 aliphatic rings. The third-order valence-corrected chi connectivity index (χ3v) is 6.10.